The Balaban J connectivity index is 1.42. The number of nitriles is 2. The van der Waals surface area contributed by atoms with Gasteiger partial charge in [-0.15, -0.1) is 22.7 Å². The molecule has 0 bridgehead atoms. The average molecular weight is 569 g/mol. The Morgan fingerprint density at radius 3 is 2.05 bits per heavy atom. The Kier molecular flexibility index (Phi) is 5.66. The van der Waals surface area contributed by atoms with E-state index in [9.17, 15) is 10.5 Å². The zero-order valence-electron chi connectivity index (χ0n) is 22.3. The molecule has 2 heterocycles. The van der Waals surface area contributed by atoms with Gasteiger partial charge in [0.25, 0.3) is 0 Å². The smallest absolute Gasteiger partial charge is 0.0991 e. The molecule has 0 saturated heterocycles. The van der Waals surface area contributed by atoms with Crippen molar-refractivity contribution >= 4 is 63.0 Å². The molecule has 0 spiro atoms. The molecule has 2 aromatic heterocycles. The van der Waals surface area contributed by atoms with Crippen LogP contribution in [0, 0.1) is 22.7 Å². The number of thiophene rings is 2. The molecule has 0 saturated carbocycles. The summed E-state index contributed by atoms with van der Waals surface area (Å²) in [6.07, 6.45) is 0. The summed E-state index contributed by atoms with van der Waals surface area (Å²) >= 11 is 3.58. The van der Waals surface area contributed by atoms with E-state index < -0.39 is 0 Å². The highest BCUT2D eigenvalue weighted by molar-refractivity contribution is 7.26. The first-order valence-corrected chi connectivity index (χ1v) is 15.3. The van der Waals surface area contributed by atoms with Crippen LogP contribution >= 0.6 is 22.7 Å². The molecule has 0 aliphatic carbocycles. The summed E-state index contributed by atoms with van der Waals surface area (Å²) in [6.45, 7) is 0. The van der Waals surface area contributed by atoms with Crippen molar-refractivity contribution in [1.29, 1.82) is 10.5 Å². The molecule has 42 heavy (non-hydrogen) atoms. The number of rotatable bonds is 3. The van der Waals surface area contributed by atoms with Gasteiger partial charge < -0.3 is 0 Å². The minimum atomic E-state index is 0.640. The van der Waals surface area contributed by atoms with Gasteiger partial charge in [0.1, 0.15) is 0 Å². The number of benzene rings is 6. The van der Waals surface area contributed by atoms with Gasteiger partial charge in [0.2, 0.25) is 0 Å². The predicted octanol–water partition coefficient (Wildman–Crippen LogP) is 11.2. The van der Waals surface area contributed by atoms with Crippen molar-refractivity contribution in [1.82, 2.24) is 0 Å². The lowest BCUT2D eigenvalue weighted by Crippen LogP contribution is -1.91. The molecule has 0 N–H and O–H groups in total. The fraction of sp³-hybridized carbons (Fsp3) is 0. The molecule has 8 rings (SSSR count). The van der Waals surface area contributed by atoms with Crippen LogP contribution in [0.4, 0.5) is 0 Å². The Morgan fingerprint density at radius 1 is 0.429 bits per heavy atom. The third-order valence-electron chi connectivity index (χ3n) is 7.95. The first-order chi connectivity index (χ1) is 20.7. The predicted molar refractivity (Wildman–Crippen MR) is 178 cm³/mol. The zero-order valence-corrected chi connectivity index (χ0v) is 23.9. The van der Waals surface area contributed by atoms with E-state index in [1.807, 2.05) is 47.7 Å². The summed E-state index contributed by atoms with van der Waals surface area (Å²) in [7, 11) is 0. The second-order valence-electron chi connectivity index (χ2n) is 10.3. The molecular weight excluding hydrogens is 549 g/mol. The van der Waals surface area contributed by atoms with E-state index in [0.29, 0.717) is 11.1 Å². The van der Waals surface area contributed by atoms with Crippen molar-refractivity contribution in [3.63, 3.8) is 0 Å². The highest BCUT2D eigenvalue weighted by Crippen LogP contribution is 2.46. The summed E-state index contributed by atoms with van der Waals surface area (Å²) in [4.78, 5) is 0. The van der Waals surface area contributed by atoms with E-state index in [4.69, 9.17) is 0 Å². The van der Waals surface area contributed by atoms with Crippen LogP contribution in [0.15, 0.2) is 121 Å². The molecule has 0 radical (unpaired) electrons. The van der Waals surface area contributed by atoms with Gasteiger partial charge in [-0.25, -0.2) is 0 Å². The second-order valence-corrected chi connectivity index (χ2v) is 12.5. The lowest BCUT2D eigenvalue weighted by molar-refractivity contribution is 1.48. The van der Waals surface area contributed by atoms with Gasteiger partial charge in [0, 0.05) is 45.9 Å². The molecule has 8 aromatic rings. The Hall–Kier alpha value is -5.26. The topological polar surface area (TPSA) is 47.6 Å². The minimum Gasteiger partial charge on any atom is -0.192 e. The summed E-state index contributed by atoms with van der Waals surface area (Å²) in [5.41, 5.74) is 8.04. The quantitative estimate of drug-likeness (QED) is 0.213. The van der Waals surface area contributed by atoms with Crippen LogP contribution in [0.2, 0.25) is 0 Å². The molecule has 194 valence electrons. The maximum Gasteiger partial charge on any atom is 0.0991 e. The molecule has 0 unspecified atom stereocenters. The monoisotopic (exact) mass is 568 g/mol. The fourth-order valence-corrected chi connectivity index (χ4v) is 8.40. The summed E-state index contributed by atoms with van der Waals surface area (Å²) in [5, 5.41) is 24.0. The minimum absolute atomic E-state index is 0.640. The fourth-order valence-electron chi connectivity index (χ4n) is 6.05. The number of hydrogen-bond donors (Lipinski definition) is 0. The molecular formula is C38H20N2S2. The summed E-state index contributed by atoms with van der Waals surface area (Å²) < 4.78 is 4.90. The van der Waals surface area contributed by atoms with E-state index in [0.717, 1.165) is 38.6 Å². The summed E-state index contributed by atoms with van der Waals surface area (Å²) in [6, 6.07) is 46.8. The van der Waals surface area contributed by atoms with Crippen LogP contribution in [-0.4, -0.2) is 0 Å². The van der Waals surface area contributed by atoms with Crippen LogP contribution < -0.4 is 0 Å². The molecule has 2 nitrogen and oxygen atoms in total. The van der Waals surface area contributed by atoms with E-state index in [2.05, 4.69) is 97.1 Å². The first-order valence-electron chi connectivity index (χ1n) is 13.6. The van der Waals surface area contributed by atoms with Crippen molar-refractivity contribution < 1.29 is 0 Å². The molecule has 0 aliphatic heterocycles. The molecule has 4 heteroatoms. The van der Waals surface area contributed by atoms with Gasteiger partial charge in [0.15, 0.2) is 0 Å². The van der Waals surface area contributed by atoms with Crippen LogP contribution in [0.25, 0.3) is 73.7 Å². The first kappa shape index (κ1) is 24.5. The molecule has 0 fully saturated rings. The third-order valence-corrected chi connectivity index (χ3v) is 10.3. The lowest BCUT2D eigenvalue weighted by atomic mass is 9.86. The highest BCUT2D eigenvalue weighted by Gasteiger charge is 2.19. The van der Waals surface area contributed by atoms with Gasteiger partial charge >= 0.3 is 0 Å². The maximum atomic E-state index is 9.76. The van der Waals surface area contributed by atoms with Crippen LogP contribution in [-0.2, 0) is 0 Å². The van der Waals surface area contributed by atoms with Gasteiger partial charge in [-0.1, -0.05) is 78.9 Å². The Labute approximate surface area is 250 Å². The van der Waals surface area contributed by atoms with Crippen LogP contribution in [0.5, 0.6) is 0 Å². The van der Waals surface area contributed by atoms with Crippen molar-refractivity contribution in [3.8, 4) is 45.5 Å². The van der Waals surface area contributed by atoms with Gasteiger partial charge in [0.05, 0.1) is 23.3 Å². The molecule has 0 aliphatic rings. The standard InChI is InChI=1S/C38H20N2S2/c39-21-23-6-3-7-26(18-23)37-27(25-15-16-29-33-19-24(22-40)14-17-35(33)41-36(29)20-25)9-4-10-30(37)32-12-5-11-31-28-8-1-2-13-34(28)42-38(31)32/h1-20H. The highest BCUT2D eigenvalue weighted by atomic mass is 32.1. The van der Waals surface area contributed by atoms with Crippen molar-refractivity contribution in [3.05, 3.63) is 132 Å². The van der Waals surface area contributed by atoms with Gasteiger partial charge in [-0.3, -0.25) is 0 Å². The van der Waals surface area contributed by atoms with E-state index in [1.165, 1.54) is 35.1 Å². The third kappa shape index (κ3) is 3.82. The average Bonchev–Trinajstić information content (AvgIpc) is 3.62. The zero-order chi connectivity index (χ0) is 28.2. The molecule has 0 amide bonds. The van der Waals surface area contributed by atoms with Crippen molar-refractivity contribution in [2.45, 2.75) is 0 Å². The molecule has 0 atom stereocenters. The van der Waals surface area contributed by atoms with E-state index in [1.54, 1.807) is 11.3 Å². The number of hydrogen-bond acceptors (Lipinski definition) is 4. The molecule has 6 aromatic carbocycles. The Bertz CT molecular complexity index is 2450. The second kappa shape index (κ2) is 9.68. The largest absolute Gasteiger partial charge is 0.192 e. The van der Waals surface area contributed by atoms with Gasteiger partial charge in [-0.05, 0) is 70.3 Å². The van der Waals surface area contributed by atoms with E-state index in [-0.39, 0.29) is 0 Å². The number of nitrogens with zero attached hydrogens (tertiary/aromatic N) is 2. The van der Waals surface area contributed by atoms with E-state index >= 15 is 0 Å². The number of fused-ring (bicyclic) bond motifs is 6. The summed E-state index contributed by atoms with van der Waals surface area (Å²) in [5.74, 6) is 0. The normalized spacial score (nSPS) is 11.3. The Morgan fingerprint density at radius 2 is 1.14 bits per heavy atom. The van der Waals surface area contributed by atoms with Crippen LogP contribution in [0.1, 0.15) is 11.1 Å². The maximum absolute atomic E-state index is 9.76. The van der Waals surface area contributed by atoms with Crippen LogP contribution in [0.3, 0.4) is 0 Å². The SMILES string of the molecule is N#Cc1cccc(-c2c(-c3ccc4c(c3)sc3ccc(C#N)cc34)cccc2-c2cccc3c2sc2ccccc23)c1. The van der Waals surface area contributed by atoms with Crippen molar-refractivity contribution in [2.75, 3.05) is 0 Å². The van der Waals surface area contributed by atoms with Crippen molar-refractivity contribution in [2.24, 2.45) is 0 Å². The van der Waals surface area contributed by atoms with Gasteiger partial charge in [-0.2, -0.15) is 10.5 Å². The lowest BCUT2D eigenvalue weighted by Gasteiger charge is -2.17.